The van der Waals surface area contributed by atoms with Crippen LogP contribution in [0.1, 0.15) is 12.8 Å². The maximum Gasteiger partial charge on any atom is 0.265 e. The molecule has 1 amide bonds. The van der Waals surface area contributed by atoms with Crippen LogP contribution in [-0.4, -0.2) is 45.4 Å². The van der Waals surface area contributed by atoms with E-state index in [1.54, 1.807) is 4.90 Å². The summed E-state index contributed by atoms with van der Waals surface area (Å²) in [6, 6.07) is 2.27. The van der Waals surface area contributed by atoms with E-state index in [1.165, 1.54) is 0 Å². The van der Waals surface area contributed by atoms with Crippen molar-refractivity contribution in [3.8, 4) is 0 Å². The van der Waals surface area contributed by atoms with Crippen LogP contribution in [0.3, 0.4) is 0 Å². The van der Waals surface area contributed by atoms with E-state index in [4.69, 9.17) is 5.11 Å². The van der Waals surface area contributed by atoms with Crippen molar-refractivity contribution in [1.82, 2.24) is 14.7 Å². The van der Waals surface area contributed by atoms with Gasteiger partial charge in [0.1, 0.15) is 6.54 Å². The standard InChI is InChI=1S/C12H17N3O4/c16-8-9-2-1-5-14(6-9)12(19)7-15-11(18)4-3-10(17)13-15/h3-4,9,16H,1-2,5-8H2,(H,13,17). The molecular formula is C12H17N3O4. The molecule has 1 aliphatic heterocycles. The molecule has 0 aliphatic carbocycles. The van der Waals surface area contributed by atoms with Gasteiger partial charge < -0.3 is 10.0 Å². The quantitative estimate of drug-likeness (QED) is 0.716. The van der Waals surface area contributed by atoms with E-state index < -0.39 is 11.1 Å². The van der Waals surface area contributed by atoms with Gasteiger partial charge in [0.15, 0.2) is 0 Å². The molecule has 2 heterocycles. The molecule has 1 aromatic rings. The van der Waals surface area contributed by atoms with Gasteiger partial charge in [-0.15, -0.1) is 0 Å². The maximum atomic E-state index is 12.1. The van der Waals surface area contributed by atoms with Gasteiger partial charge in [-0.2, -0.15) is 0 Å². The Hall–Kier alpha value is -1.89. The minimum atomic E-state index is -0.417. The predicted molar refractivity (Wildman–Crippen MR) is 67.7 cm³/mol. The second-order valence-corrected chi connectivity index (χ2v) is 4.76. The first kappa shape index (κ1) is 13.5. The summed E-state index contributed by atoms with van der Waals surface area (Å²) in [5, 5.41) is 11.4. The van der Waals surface area contributed by atoms with E-state index in [2.05, 4.69) is 5.10 Å². The lowest BCUT2D eigenvalue weighted by Crippen LogP contribution is -2.44. The third-order valence-electron chi connectivity index (χ3n) is 3.31. The zero-order chi connectivity index (χ0) is 13.8. The highest BCUT2D eigenvalue weighted by Crippen LogP contribution is 2.15. The summed E-state index contributed by atoms with van der Waals surface area (Å²) in [7, 11) is 0. The normalized spacial score (nSPS) is 19.4. The summed E-state index contributed by atoms with van der Waals surface area (Å²) in [6.07, 6.45) is 1.75. The Morgan fingerprint density at radius 2 is 2.21 bits per heavy atom. The largest absolute Gasteiger partial charge is 0.396 e. The summed E-state index contributed by atoms with van der Waals surface area (Å²) < 4.78 is 1.01. The minimum Gasteiger partial charge on any atom is -0.396 e. The van der Waals surface area contributed by atoms with Crippen LogP contribution in [0, 0.1) is 5.92 Å². The summed E-state index contributed by atoms with van der Waals surface area (Å²) in [4.78, 5) is 36.3. The number of likely N-dealkylation sites (tertiary alicyclic amines) is 1. The van der Waals surface area contributed by atoms with Crippen molar-refractivity contribution in [1.29, 1.82) is 0 Å². The highest BCUT2D eigenvalue weighted by atomic mass is 16.3. The number of rotatable bonds is 3. The van der Waals surface area contributed by atoms with Gasteiger partial charge in [0, 0.05) is 31.8 Å². The zero-order valence-electron chi connectivity index (χ0n) is 10.5. The third kappa shape index (κ3) is 3.31. The molecule has 1 aromatic heterocycles. The average molecular weight is 267 g/mol. The van der Waals surface area contributed by atoms with Crippen LogP contribution < -0.4 is 11.1 Å². The number of carbonyl (C=O) groups is 1. The Morgan fingerprint density at radius 3 is 2.95 bits per heavy atom. The number of nitrogens with one attached hydrogen (secondary N) is 1. The van der Waals surface area contributed by atoms with Crippen LogP contribution in [-0.2, 0) is 11.3 Å². The fraction of sp³-hybridized carbons (Fsp3) is 0.583. The Morgan fingerprint density at radius 1 is 1.42 bits per heavy atom. The average Bonchev–Trinajstić information content (AvgIpc) is 2.43. The number of amides is 1. The molecule has 1 fully saturated rings. The number of nitrogens with zero attached hydrogens (tertiary/aromatic N) is 2. The molecule has 2 N–H and O–H groups in total. The van der Waals surface area contributed by atoms with E-state index in [0.717, 1.165) is 29.7 Å². The lowest BCUT2D eigenvalue weighted by molar-refractivity contribution is -0.134. The second kappa shape index (κ2) is 5.83. The van der Waals surface area contributed by atoms with Gasteiger partial charge in [0.25, 0.3) is 11.1 Å². The van der Waals surface area contributed by atoms with Gasteiger partial charge in [0.2, 0.25) is 5.91 Å². The molecule has 1 atom stereocenters. The molecule has 19 heavy (non-hydrogen) atoms. The van der Waals surface area contributed by atoms with Crippen LogP contribution in [0.25, 0.3) is 0 Å². The highest BCUT2D eigenvalue weighted by molar-refractivity contribution is 5.76. The molecule has 0 radical (unpaired) electrons. The van der Waals surface area contributed by atoms with E-state index in [-0.39, 0.29) is 25.0 Å². The Balaban J connectivity index is 2.06. The molecule has 1 unspecified atom stereocenters. The minimum absolute atomic E-state index is 0.0614. The molecule has 0 spiro atoms. The Bertz CT molecular complexity index is 563. The van der Waals surface area contributed by atoms with Crippen LogP contribution in [0.4, 0.5) is 0 Å². The smallest absolute Gasteiger partial charge is 0.265 e. The molecule has 0 aromatic carbocycles. The number of piperidine rings is 1. The number of H-pyrrole nitrogens is 1. The topological polar surface area (TPSA) is 95.4 Å². The second-order valence-electron chi connectivity index (χ2n) is 4.76. The highest BCUT2D eigenvalue weighted by Gasteiger charge is 2.23. The number of hydrogen-bond donors (Lipinski definition) is 2. The molecule has 2 rings (SSSR count). The molecule has 0 saturated carbocycles. The molecule has 0 bridgehead atoms. The number of carbonyl (C=O) groups excluding carboxylic acids is 1. The third-order valence-corrected chi connectivity index (χ3v) is 3.31. The summed E-state index contributed by atoms with van der Waals surface area (Å²) in [5.41, 5.74) is -0.831. The number of aromatic nitrogens is 2. The van der Waals surface area contributed by atoms with Gasteiger partial charge in [0.05, 0.1) is 0 Å². The van der Waals surface area contributed by atoms with E-state index in [9.17, 15) is 14.4 Å². The fourth-order valence-electron chi connectivity index (χ4n) is 2.26. The summed E-state index contributed by atoms with van der Waals surface area (Å²) >= 11 is 0. The van der Waals surface area contributed by atoms with Crippen LogP contribution in [0.15, 0.2) is 21.7 Å². The van der Waals surface area contributed by atoms with Crippen molar-refractivity contribution in [3.05, 3.63) is 32.8 Å². The number of aromatic amines is 1. The molecule has 7 heteroatoms. The maximum absolute atomic E-state index is 12.1. The Kier molecular flexibility index (Phi) is 4.16. The monoisotopic (exact) mass is 267 g/mol. The van der Waals surface area contributed by atoms with Crippen molar-refractivity contribution in [2.75, 3.05) is 19.7 Å². The van der Waals surface area contributed by atoms with Gasteiger partial charge in [-0.05, 0) is 18.8 Å². The molecular weight excluding hydrogens is 250 g/mol. The van der Waals surface area contributed by atoms with Crippen molar-refractivity contribution in [2.24, 2.45) is 5.92 Å². The predicted octanol–water partition coefficient (Wildman–Crippen LogP) is -1.23. The van der Waals surface area contributed by atoms with E-state index in [1.807, 2.05) is 0 Å². The first-order valence-electron chi connectivity index (χ1n) is 6.29. The van der Waals surface area contributed by atoms with E-state index >= 15 is 0 Å². The van der Waals surface area contributed by atoms with Crippen molar-refractivity contribution in [2.45, 2.75) is 19.4 Å². The van der Waals surface area contributed by atoms with Crippen molar-refractivity contribution in [3.63, 3.8) is 0 Å². The number of hydrogen-bond acceptors (Lipinski definition) is 4. The summed E-state index contributed by atoms with van der Waals surface area (Å²) in [5.74, 6) is -0.119. The van der Waals surface area contributed by atoms with Gasteiger partial charge in [-0.1, -0.05) is 0 Å². The van der Waals surface area contributed by atoms with Gasteiger partial charge in [-0.25, -0.2) is 4.68 Å². The van der Waals surface area contributed by atoms with Crippen molar-refractivity contribution < 1.29 is 9.90 Å². The first-order valence-corrected chi connectivity index (χ1v) is 6.29. The fourth-order valence-corrected chi connectivity index (χ4v) is 2.26. The van der Waals surface area contributed by atoms with Crippen molar-refractivity contribution >= 4 is 5.91 Å². The molecule has 1 aliphatic rings. The lowest BCUT2D eigenvalue weighted by atomic mass is 9.99. The van der Waals surface area contributed by atoms with Gasteiger partial charge in [-0.3, -0.25) is 19.5 Å². The first-order chi connectivity index (χ1) is 9.10. The van der Waals surface area contributed by atoms with E-state index in [0.29, 0.717) is 13.1 Å². The van der Waals surface area contributed by atoms with Crippen LogP contribution >= 0.6 is 0 Å². The van der Waals surface area contributed by atoms with Crippen LogP contribution in [0.5, 0.6) is 0 Å². The molecule has 1 saturated heterocycles. The zero-order valence-corrected chi connectivity index (χ0v) is 10.5. The number of aliphatic hydroxyl groups is 1. The Labute approximate surface area is 109 Å². The lowest BCUT2D eigenvalue weighted by Gasteiger charge is -2.31. The van der Waals surface area contributed by atoms with Gasteiger partial charge >= 0.3 is 0 Å². The van der Waals surface area contributed by atoms with Crippen LogP contribution in [0.2, 0.25) is 0 Å². The summed E-state index contributed by atoms with van der Waals surface area (Å²) in [6.45, 7) is 1.02. The number of aliphatic hydroxyl groups excluding tert-OH is 1. The molecule has 104 valence electrons. The SMILES string of the molecule is O=C(Cn1[nH]c(=O)ccc1=O)N1CCCC(CO)C1. The molecule has 7 nitrogen and oxygen atoms in total.